The highest BCUT2D eigenvalue weighted by Gasteiger charge is 2.39. The second-order valence-corrected chi connectivity index (χ2v) is 27.3. The molecule has 2 aromatic heterocycles. The highest BCUT2D eigenvalue weighted by molar-refractivity contribution is 8.76. The molecular formula is C62H92N18O18S2. The Balaban J connectivity index is 1.85. The van der Waals surface area contributed by atoms with Crippen LogP contribution in [0.3, 0.4) is 0 Å². The third kappa shape index (κ3) is 26.1. The first-order valence-electron chi connectivity index (χ1n) is 32.1. The fraction of sp³-hybridized carbons (Fsp3) is 0.565. The summed E-state index contributed by atoms with van der Waals surface area (Å²) in [5.74, 6) is -19.5. The van der Waals surface area contributed by atoms with Crippen LogP contribution in [-0.2, 0) is 89.6 Å². The zero-order chi connectivity index (χ0) is 74.8. The second kappa shape index (κ2) is 39.7. The summed E-state index contributed by atoms with van der Waals surface area (Å²) in [6.45, 7) is 13.5. The third-order valence-corrected chi connectivity index (χ3v) is 18.3. The number of nitrogens with one attached hydrogen (secondary N) is 15. The molecule has 3 aromatic rings. The van der Waals surface area contributed by atoms with Gasteiger partial charge in [-0.1, -0.05) is 87.8 Å². The number of hydrogen-bond donors (Lipinski definition) is 19. The Bertz CT molecular complexity index is 3440. The summed E-state index contributed by atoms with van der Waals surface area (Å²) in [6.07, 6.45) is 0.161. The van der Waals surface area contributed by atoms with E-state index >= 15 is 0 Å². The molecule has 1 fully saturated rings. The minimum atomic E-state index is -2.01. The lowest BCUT2D eigenvalue weighted by atomic mass is 9.97. The minimum absolute atomic E-state index is 0.280. The van der Waals surface area contributed by atoms with Gasteiger partial charge in [0, 0.05) is 66.7 Å². The van der Waals surface area contributed by atoms with Crippen LogP contribution in [0.25, 0.3) is 10.9 Å². The molecule has 14 atom stereocenters. The SMILES string of the molecule is CC[C@H](C)[C@H](NC(C)=O)C(=O)N[C@H]1CSSC[C@@H](C(=O)N[C@H](C(N)=O)[C@@H](C)O)NC(=O)[C@H](C)NC(=O)[C@H](Cc2cnc[nH]2)NC(=O)[C@H](C)NC(=O)CNC(=O)[C@H](Cc2c[nH]c3ccccc23)NC(=O)[C@H](CC(=O)O)NC(=O)[C@H](CCC(N)=O)NC(=O)[C@H](C(C)C)NC(=O)[C@H](C(C)C)NC1=O. The van der Waals surface area contributed by atoms with Gasteiger partial charge in [0.1, 0.15) is 72.5 Å². The molecular weight excluding hydrogens is 1350 g/mol. The third-order valence-electron chi connectivity index (χ3n) is 15.9. The first kappa shape index (κ1) is 82.6. The molecule has 38 heteroatoms. The summed E-state index contributed by atoms with van der Waals surface area (Å²) in [5, 5.41) is 53.1. The van der Waals surface area contributed by atoms with E-state index in [4.69, 9.17) is 11.5 Å². The van der Waals surface area contributed by atoms with Crippen LogP contribution in [0.15, 0.2) is 43.0 Å². The zero-order valence-electron chi connectivity index (χ0n) is 57.0. The number of aromatic nitrogens is 3. The number of fused-ring (bicyclic) bond motifs is 1. The maximum Gasteiger partial charge on any atom is 0.305 e. The standard InChI is InChI=1S/C62H92N18O18S2/c1-11-29(6)49(71-33(10)82)62(98)77-43-25-100-99-24-42(59(95)80-50(32(9)81)51(64)87)76-53(89)31(8)70-56(92)40(19-35-22-65-26-68-35)73-52(88)30(7)69-45(84)23-67-54(90)39(18-34-21-66-37-15-13-12-14-36(34)37)74-57(93)41(20-46(85)86)75-55(91)38(16-17-44(63)83)72-60(96)47(27(2)3)79-61(97)48(28(4)5)78-58(43)94/h12-15,21-22,26-32,38-43,47-50,66,81H,11,16-20,23-25H2,1-10H3,(H2,63,83)(H2,64,87)(H,65,68)(H,67,90)(H,69,84)(H,70,92)(H,71,82)(H,72,96)(H,73,88)(H,74,93)(H,75,91)(H,76,89)(H,77,98)(H,78,94)(H,79,97)(H,80,95)(H,85,86)/t29-,30-,31-,32+,38-,39-,40-,41-,42-,43-,47-,48-,49-,50-/m0/s1. The number of aliphatic carboxylic acids is 1. The van der Waals surface area contributed by atoms with E-state index in [0.717, 1.165) is 28.5 Å². The Morgan fingerprint density at radius 2 is 1.20 bits per heavy atom. The summed E-state index contributed by atoms with van der Waals surface area (Å²) < 4.78 is 0. The van der Waals surface area contributed by atoms with Gasteiger partial charge < -0.3 is 101 Å². The van der Waals surface area contributed by atoms with Crippen LogP contribution in [0.1, 0.15) is 106 Å². The van der Waals surface area contributed by atoms with Crippen LogP contribution in [-0.4, -0.2) is 216 Å². The fourth-order valence-corrected chi connectivity index (χ4v) is 12.3. The van der Waals surface area contributed by atoms with E-state index < -0.39 is 222 Å². The van der Waals surface area contributed by atoms with Crippen molar-refractivity contribution in [1.82, 2.24) is 84.1 Å². The maximum atomic E-state index is 14.6. The highest BCUT2D eigenvalue weighted by Crippen LogP contribution is 2.25. The number of carbonyl (C=O) groups excluding carboxylic acids is 15. The maximum absolute atomic E-state index is 14.6. The number of H-pyrrole nitrogens is 2. The Labute approximate surface area is 583 Å². The Morgan fingerprint density at radius 1 is 0.640 bits per heavy atom. The zero-order valence-corrected chi connectivity index (χ0v) is 58.6. The minimum Gasteiger partial charge on any atom is -0.481 e. The number of nitrogens with two attached hydrogens (primary N) is 2. The highest BCUT2D eigenvalue weighted by atomic mass is 33.1. The van der Waals surface area contributed by atoms with E-state index in [1.807, 2.05) is 0 Å². The molecule has 0 aliphatic carbocycles. The number of imidazole rings is 1. The van der Waals surface area contributed by atoms with Crippen molar-refractivity contribution in [3.05, 3.63) is 54.2 Å². The number of hydrogen-bond acceptors (Lipinski definition) is 20. The number of carboxylic acids is 1. The molecule has 100 heavy (non-hydrogen) atoms. The van der Waals surface area contributed by atoms with E-state index in [1.165, 1.54) is 67.2 Å². The van der Waals surface area contributed by atoms with Gasteiger partial charge in [-0.25, -0.2) is 4.98 Å². The van der Waals surface area contributed by atoms with Gasteiger partial charge >= 0.3 is 5.97 Å². The topological polar surface area (TPSA) is 566 Å². The van der Waals surface area contributed by atoms with Crippen LogP contribution < -0.4 is 80.6 Å². The number of primary amides is 2. The number of aliphatic hydroxyl groups excluding tert-OH is 1. The summed E-state index contributed by atoms with van der Waals surface area (Å²) in [7, 11) is 1.69. The monoisotopic (exact) mass is 1440 g/mol. The molecule has 3 heterocycles. The lowest BCUT2D eigenvalue weighted by molar-refractivity contribution is -0.141. The molecule has 550 valence electrons. The number of aromatic amines is 2. The second-order valence-electron chi connectivity index (χ2n) is 24.8. The Hall–Kier alpha value is -9.85. The molecule has 0 spiro atoms. The largest absolute Gasteiger partial charge is 0.481 e. The molecule has 1 aromatic carbocycles. The van der Waals surface area contributed by atoms with Gasteiger partial charge in [0.05, 0.1) is 25.4 Å². The van der Waals surface area contributed by atoms with Crippen molar-refractivity contribution in [3.8, 4) is 0 Å². The normalized spacial score (nSPS) is 24.2. The van der Waals surface area contributed by atoms with Crippen LogP contribution in [0.5, 0.6) is 0 Å². The van der Waals surface area contributed by atoms with Crippen LogP contribution in [0.4, 0.5) is 0 Å². The number of benzene rings is 1. The first-order valence-corrected chi connectivity index (χ1v) is 34.6. The number of nitrogens with zero attached hydrogens (tertiary/aromatic N) is 1. The molecule has 4 rings (SSSR count). The average molecular weight is 1440 g/mol. The van der Waals surface area contributed by atoms with E-state index in [-0.39, 0.29) is 18.6 Å². The van der Waals surface area contributed by atoms with Crippen LogP contribution in [0, 0.1) is 17.8 Å². The number of rotatable bonds is 20. The molecule has 1 aliphatic rings. The van der Waals surface area contributed by atoms with Crippen molar-refractivity contribution in [1.29, 1.82) is 0 Å². The predicted molar refractivity (Wildman–Crippen MR) is 363 cm³/mol. The number of carbonyl (C=O) groups is 16. The van der Waals surface area contributed by atoms with Crippen molar-refractivity contribution in [2.24, 2.45) is 29.2 Å². The van der Waals surface area contributed by atoms with E-state index in [1.54, 1.807) is 38.1 Å². The molecule has 0 unspecified atom stereocenters. The van der Waals surface area contributed by atoms with Crippen molar-refractivity contribution in [2.75, 3.05) is 18.1 Å². The van der Waals surface area contributed by atoms with Crippen molar-refractivity contribution < 1.29 is 86.9 Å². The lowest BCUT2D eigenvalue weighted by Crippen LogP contribution is -2.62. The summed E-state index contributed by atoms with van der Waals surface area (Å²) >= 11 is 0. The average Bonchev–Trinajstić information content (AvgIpc) is 1.68. The smallest absolute Gasteiger partial charge is 0.305 e. The molecule has 21 N–H and O–H groups in total. The van der Waals surface area contributed by atoms with E-state index in [2.05, 4.69) is 84.1 Å². The van der Waals surface area contributed by atoms with Crippen molar-refractivity contribution in [3.63, 3.8) is 0 Å². The number of carboxylic acid groups (broad SMARTS) is 1. The number of para-hydroxylation sites is 1. The number of amides is 15. The number of aliphatic hydroxyl groups is 1. The predicted octanol–water partition coefficient (Wildman–Crippen LogP) is -4.97. The molecule has 1 saturated heterocycles. The summed E-state index contributed by atoms with van der Waals surface area (Å²) in [4.78, 5) is 229. The summed E-state index contributed by atoms with van der Waals surface area (Å²) in [5.41, 5.74) is 12.3. The van der Waals surface area contributed by atoms with Crippen molar-refractivity contribution >= 4 is 127 Å². The first-order chi connectivity index (χ1) is 47.0. The fourth-order valence-electron chi connectivity index (χ4n) is 9.95. The molecule has 0 saturated carbocycles. The van der Waals surface area contributed by atoms with E-state index in [0.29, 0.717) is 28.6 Å². The Morgan fingerprint density at radius 3 is 1.79 bits per heavy atom. The Kier molecular flexibility index (Phi) is 32.8. The quantitative estimate of drug-likeness (QED) is 0.0471. The lowest BCUT2D eigenvalue weighted by Gasteiger charge is -2.30. The molecule has 1 aliphatic heterocycles. The molecule has 0 bridgehead atoms. The van der Waals surface area contributed by atoms with Gasteiger partial charge in [0.2, 0.25) is 88.6 Å². The summed E-state index contributed by atoms with van der Waals surface area (Å²) in [6, 6.07) is -12.2. The van der Waals surface area contributed by atoms with Gasteiger partial charge in [-0.05, 0) is 56.6 Å². The van der Waals surface area contributed by atoms with Crippen LogP contribution >= 0.6 is 21.6 Å². The van der Waals surface area contributed by atoms with Gasteiger partial charge in [0.15, 0.2) is 0 Å². The van der Waals surface area contributed by atoms with Crippen LogP contribution in [0.2, 0.25) is 0 Å². The van der Waals surface area contributed by atoms with Gasteiger partial charge in [-0.2, -0.15) is 0 Å². The van der Waals surface area contributed by atoms with Gasteiger partial charge in [-0.3, -0.25) is 76.7 Å². The molecule has 36 nitrogen and oxygen atoms in total. The van der Waals surface area contributed by atoms with Gasteiger partial charge in [-0.15, -0.1) is 0 Å². The molecule has 0 radical (unpaired) electrons. The molecule has 15 amide bonds. The van der Waals surface area contributed by atoms with Crippen molar-refractivity contribution in [2.45, 2.75) is 186 Å². The van der Waals surface area contributed by atoms with E-state index in [9.17, 15) is 86.9 Å². The van der Waals surface area contributed by atoms with Gasteiger partial charge in [0.25, 0.3) is 0 Å².